The highest BCUT2D eigenvalue weighted by Gasteiger charge is 2.22. The van der Waals surface area contributed by atoms with Crippen molar-refractivity contribution in [3.05, 3.63) is 84.4 Å². The normalized spacial score (nSPS) is 12.8. The van der Waals surface area contributed by atoms with Gasteiger partial charge in [-0.3, -0.25) is 9.11 Å². The van der Waals surface area contributed by atoms with Gasteiger partial charge in [0, 0.05) is 0 Å². The van der Waals surface area contributed by atoms with Crippen LogP contribution in [0.15, 0.2) is 78.9 Å². The minimum Gasteiger partial charge on any atom is -0.478 e. The second-order valence-corrected chi connectivity index (χ2v) is 7.42. The second kappa shape index (κ2) is 8.97. The molecular formula is C19H16N2O6S2. The number of carbonyl (C=O) groups is 1. The maximum absolute atomic E-state index is 12.0. The molecule has 150 valence electrons. The SMILES string of the molecule is O=C(O)c1cc(N(c2ccccc2)S(=O)O)cc(N(c2ccccc2)S(=O)O)c1. The van der Waals surface area contributed by atoms with Gasteiger partial charge in [0.05, 0.1) is 28.3 Å². The van der Waals surface area contributed by atoms with Gasteiger partial charge in [0.1, 0.15) is 0 Å². The van der Waals surface area contributed by atoms with Crippen molar-refractivity contribution in [2.75, 3.05) is 8.61 Å². The summed E-state index contributed by atoms with van der Waals surface area (Å²) in [6, 6.07) is 20.3. The monoisotopic (exact) mass is 432 g/mol. The first kappa shape index (κ1) is 20.7. The van der Waals surface area contributed by atoms with Gasteiger partial charge < -0.3 is 5.11 Å². The lowest BCUT2D eigenvalue weighted by Gasteiger charge is -2.25. The molecule has 3 aromatic carbocycles. The Morgan fingerprint density at radius 2 is 1.03 bits per heavy atom. The minimum atomic E-state index is -2.52. The molecule has 8 nitrogen and oxygen atoms in total. The first-order valence-corrected chi connectivity index (χ1v) is 10.3. The van der Waals surface area contributed by atoms with Gasteiger partial charge in [-0.2, -0.15) is 0 Å². The minimum absolute atomic E-state index is 0.0679. The van der Waals surface area contributed by atoms with E-state index in [9.17, 15) is 27.4 Å². The molecule has 0 bridgehead atoms. The van der Waals surface area contributed by atoms with Gasteiger partial charge >= 0.3 is 5.97 Å². The van der Waals surface area contributed by atoms with Crippen LogP contribution in [0.2, 0.25) is 0 Å². The van der Waals surface area contributed by atoms with Crippen LogP contribution in [0.3, 0.4) is 0 Å². The molecule has 0 amide bonds. The molecule has 2 unspecified atom stereocenters. The van der Waals surface area contributed by atoms with Crippen LogP contribution in [0.4, 0.5) is 22.7 Å². The smallest absolute Gasteiger partial charge is 0.335 e. The van der Waals surface area contributed by atoms with E-state index in [4.69, 9.17) is 0 Å². The van der Waals surface area contributed by atoms with Crippen molar-refractivity contribution in [1.29, 1.82) is 0 Å². The number of carboxylic acids is 1. The first-order valence-electron chi connectivity index (χ1n) is 8.19. The molecule has 3 N–H and O–H groups in total. The second-order valence-electron chi connectivity index (χ2n) is 5.76. The predicted molar refractivity (Wildman–Crippen MR) is 112 cm³/mol. The molecule has 0 aliphatic heterocycles. The Morgan fingerprint density at radius 1 is 0.655 bits per heavy atom. The van der Waals surface area contributed by atoms with Crippen molar-refractivity contribution < 1.29 is 27.4 Å². The highest BCUT2D eigenvalue weighted by molar-refractivity contribution is 7.81. The summed E-state index contributed by atoms with van der Waals surface area (Å²) in [5.41, 5.74) is 0.614. The third-order valence-electron chi connectivity index (χ3n) is 3.91. The average molecular weight is 432 g/mol. The fraction of sp³-hybridized carbons (Fsp3) is 0. The summed E-state index contributed by atoms with van der Waals surface area (Å²) >= 11 is -5.04. The molecule has 0 heterocycles. The number of benzene rings is 3. The fourth-order valence-corrected chi connectivity index (χ4v) is 3.91. The molecule has 3 rings (SSSR count). The highest BCUT2D eigenvalue weighted by Crippen LogP contribution is 2.34. The molecule has 2 atom stereocenters. The number of hydrogen-bond donors (Lipinski definition) is 3. The van der Waals surface area contributed by atoms with Crippen molar-refractivity contribution in [3.63, 3.8) is 0 Å². The van der Waals surface area contributed by atoms with E-state index < -0.39 is 28.5 Å². The molecule has 0 saturated carbocycles. The number of hydrogen-bond acceptors (Lipinski definition) is 3. The Bertz CT molecular complexity index is 987. The van der Waals surface area contributed by atoms with Crippen LogP contribution in [-0.2, 0) is 22.5 Å². The summed E-state index contributed by atoms with van der Waals surface area (Å²) < 4.78 is 45.8. The van der Waals surface area contributed by atoms with Crippen LogP contribution in [0.5, 0.6) is 0 Å². The third-order valence-corrected chi connectivity index (χ3v) is 5.38. The molecule has 3 aromatic rings. The molecule has 0 spiro atoms. The first-order chi connectivity index (χ1) is 13.9. The van der Waals surface area contributed by atoms with E-state index in [-0.39, 0.29) is 16.9 Å². The van der Waals surface area contributed by atoms with E-state index in [2.05, 4.69) is 0 Å². The summed E-state index contributed by atoms with van der Waals surface area (Å²) in [5.74, 6) is -1.29. The Labute approximate surface area is 171 Å². The Morgan fingerprint density at radius 3 is 1.34 bits per heavy atom. The number of carboxylic acid groups (broad SMARTS) is 1. The maximum atomic E-state index is 12.0. The zero-order valence-electron chi connectivity index (χ0n) is 14.8. The molecule has 10 heteroatoms. The number of anilines is 4. The Kier molecular flexibility index (Phi) is 6.39. The van der Waals surface area contributed by atoms with E-state index >= 15 is 0 Å². The van der Waals surface area contributed by atoms with E-state index in [0.29, 0.717) is 11.4 Å². The summed E-state index contributed by atoms with van der Waals surface area (Å²) in [4.78, 5) is 11.6. The summed E-state index contributed by atoms with van der Waals surface area (Å²) in [5, 5.41) is 9.50. The quantitative estimate of drug-likeness (QED) is 0.487. The van der Waals surface area contributed by atoms with E-state index in [1.807, 2.05) is 0 Å². The van der Waals surface area contributed by atoms with Crippen molar-refractivity contribution in [2.24, 2.45) is 0 Å². The van der Waals surface area contributed by atoms with Crippen LogP contribution in [0.1, 0.15) is 10.4 Å². The zero-order chi connectivity index (χ0) is 21.0. The summed E-state index contributed by atoms with van der Waals surface area (Å²) in [7, 11) is 0. The van der Waals surface area contributed by atoms with Crippen LogP contribution in [0, 0.1) is 0 Å². The van der Waals surface area contributed by atoms with Gasteiger partial charge in [-0.1, -0.05) is 36.4 Å². The fourth-order valence-electron chi connectivity index (χ4n) is 2.74. The number of rotatable bonds is 7. The van der Waals surface area contributed by atoms with Gasteiger partial charge in [0.15, 0.2) is 0 Å². The van der Waals surface area contributed by atoms with Gasteiger partial charge in [0.2, 0.25) is 0 Å². The number of aromatic carboxylic acids is 1. The van der Waals surface area contributed by atoms with E-state index in [1.54, 1.807) is 60.7 Å². The zero-order valence-corrected chi connectivity index (χ0v) is 16.4. The van der Waals surface area contributed by atoms with Crippen LogP contribution < -0.4 is 8.61 Å². The van der Waals surface area contributed by atoms with Gasteiger partial charge in [-0.15, -0.1) is 0 Å². The topological polar surface area (TPSA) is 118 Å². The predicted octanol–water partition coefficient (Wildman–Crippen LogP) is 3.93. The van der Waals surface area contributed by atoms with Crippen LogP contribution in [-0.4, -0.2) is 28.6 Å². The van der Waals surface area contributed by atoms with Crippen LogP contribution in [0.25, 0.3) is 0 Å². The average Bonchev–Trinajstić information content (AvgIpc) is 2.69. The van der Waals surface area contributed by atoms with Gasteiger partial charge in [-0.25, -0.2) is 21.8 Å². The largest absolute Gasteiger partial charge is 0.478 e. The van der Waals surface area contributed by atoms with Crippen molar-refractivity contribution in [2.45, 2.75) is 0 Å². The number of nitrogens with zero attached hydrogens (tertiary/aromatic N) is 2. The van der Waals surface area contributed by atoms with E-state index in [1.165, 1.54) is 18.2 Å². The molecule has 0 fully saturated rings. The van der Waals surface area contributed by atoms with Crippen LogP contribution >= 0.6 is 0 Å². The van der Waals surface area contributed by atoms with Crippen molar-refractivity contribution in [1.82, 2.24) is 0 Å². The Balaban J connectivity index is 2.21. The summed E-state index contributed by atoms with van der Waals surface area (Å²) in [6.07, 6.45) is 0. The van der Waals surface area contributed by atoms with Crippen molar-refractivity contribution in [3.8, 4) is 0 Å². The summed E-state index contributed by atoms with van der Waals surface area (Å²) in [6.45, 7) is 0. The molecule has 0 aromatic heterocycles. The molecule has 0 saturated heterocycles. The van der Waals surface area contributed by atoms with Gasteiger partial charge in [0.25, 0.3) is 22.5 Å². The number of para-hydroxylation sites is 2. The molecular weight excluding hydrogens is 416 g/mol. The third kappa shape index (κ3) is 4.69. The van der Waals surface area contributed by atoms with Crippen molar-refractivity contribution >= 4 is 51.3 Å². The Hall–Kier alpha value is -3.05. The standard InChI is InChI=1S/C19H16N2O6S2/c22-19(23)14-11-17(20(28(24)25)15-7-3-1-4-8-15)13-18(12-14)21(29(26)27)16-9-5-2-6-10-16/h1-13H,(H,22,23)(H,24,25)(H,26,27). The lowest BCUT2D eigenvalue weighted by atomic mass is 10.1. The maximum Gasteiger partial charge on any atom is 0.335 e. The molecule has 29 heavy (non-hydrogen) atoms. The highest BCUT2D eigenvalue weighted by atomic mass is 32.2. The molecule has 0 radical (unpaired) electrons. The molecule has 0 aliphatic rings. The lowest BCUT2D eigenvalue weighted by molar-refractivity contribution is 0.0697. The lowest BCUT2D eigenvalue weighted by Crippen LogP contribution is -2.22. The molecule has 0 aliphatic carbocycles. The van der Waals surface area contributed by atoms with E-state index in [0.717, 1.165) is 8.61 Å². The van der Waals surface area contributed by atoms with Gasteiger partial charge in [-0.05, 0) is 42.5 Å².